The number of anilines is 1. The van der Waals surface area contributed by atoms with Crippen LogP contribution in [0.4, 0.5) is 5.69 Å². The van der Waals surface area contributed by atoms with Crippen molar-refractivity contribution in [3.8, 4) is 11.1 Å². The van der Waals surface area contributed by atoms with Gasteiger partial charge in [-0.05, 0) is 42.3 Å². The second kappa shape index (κ2) is 7.17. The van der Waals surface area contributed by atoms with Crippen LogP contribution in [0.2, 0.25) is 0 Å². The van der Waals surface area contributed by atoms with Gasteiger partial charge in [0.1, 0.15) is 5.57 Å². The Morgan fingerprint density at radius 1 is 1.14 bits per heavy atom. The lowest BCUT2D eigenvalue weighted by atomic mass is 10.1. The number of esters is 1. The van der Waals surface area contributed by atoms with Gasteiger partial charge in [-0.15, -0.1) is 0 Å². The van der Waals surface area contributed by atoms with Crippen molar-refractivity contribution in [2.45, 2.75) is 6.92 Å². The minimum atomic E-state index is -0.662. The Bertz CT molecular complexity index is 709. The van der Waals surface area contributed by atoms with Crippen LogP contribution in [-0.4, -0.2) is 23.8 Å². The zero-order valence-electron chi connectivity index (χ0n) is 12.4. The zero-order chi connectivity index (χ0) is 15.9. The summed E-state index contributed by atoms with van der Waals surface area (Å²) in [5, 5.41) is 2.95. The van der Waals surface area contributed by atoms with Crippen LogP contribution in [0.3, 0.4) is 0 Å². The molecular weight excluding hydrogens is 280 g/mol. The third-order valence-corrected chi connectivity index (χ3v) is 3.04. The van der Waals surface area contributed by atoms with Gasteiger partial charge in [0.15, 0.2) is 5.78 Å². The smallest absolute Gasteiger partial charge is 0.342 e. The molecule has 0 atom stereocenters. The molecule has 22 heavy (non-hydrogen) atoms. The average molecular weight is 296 g/mol. The molecule has 0 aliphatic carbocycles. The minimum Gasteiger partial charge on any atom is -0.465 e. The van der Waals surface area contributed by atoms with Gasteiger partial charge in [-0.2, -0.15) is 0 Å². The van der Waals surface area contributed by atoms with Gasteiger partial charge in [0.2, 0.25) is 0 Å². The van der Waals surface area contributed by atoms with Crippen LogP contribution in [0.1, 0.15) is 6.92 Å². The Morgan fingerprint density at radius 3 is 2.50 bits per heavy atom. The van der Waals surface area contributed by atoms with E-state index in [0.717, 1.165) is 16.8 Å². The molecule has 0 amide bonds. The Balaban J connectivity index is 2.24. The van der Waals surface area contributed by atoms with Gasteiger partial charge in [0, 0.05) is 24.3 Å². The number of pyridine rings is 1. The van der Waals surface area contributed by atoms with Crippen molar-refractivity contribution in [2.75, 3.05) is 12.4 Å². The van der Waals surface area contributed by atoms with Crippen LogP contribution in [-0.2, 0) is 14.3 Å². The van der Waals surface area contributed by atoms with Gasteiger partial charge >= 0.3 is 5.97 Å². The number of nitrogens with one attached hydrogen (secondary N) is 1. The summed E-state index contributed by atoms with van der Waals surface area (Å²) in [6.45, 7) is 1.32. The van der Waals surface area contributed by atoms with E-state index in [1.54, 1.807) is 12.4 Å². The topological polar surface area (TPSA) is 68.3 Å². The first kappa shape index (κ1) is 15.4. The Hall–Kier alpha value is -2.95. The molecule has 5 heteroatoms. The largest absolute Gasteiger partial charge is 0.465 e. The quantitative estimate of drug-likeness (QED) is 0.398. The van der Waals surface area contributed by atoms with Crippen LogP contribution in [0.25, 0.3) is 11.1 Å². The van der Waals surface area contributed by atoms with Crippen LogP contribution in [0.5, 0.6) is 0 Å². The summed E-state index contributed by atoms with van der Waals surface area (Å²) < 4.78 is 4.58. The molecule has 0 bridgehead atoms. The first-order valence-electron chi connectivity index (χ1n) is 6.68. The van der Waals surface area contributed by atoms with E-state index in [9.17, 15) is 9.59 Å². The molecule has 2 rings (SSSR count). The van der Waals surface area contributed by atoms with E-state index in [-0.39, 0.29) is 11.4 Å². The summed E-state index contributed by atoms with van der Waals surface area (Å²) in [6.07, 6.45) is 4.81. The van der Waals surface area contributed by atoms with Gasteiger partial charge in [0.25, 0.3) is 0 Å². The fourth-order valence-corrected chi connectivity index (χ4v) is 1.90. The van der Waals surface area contributed by atoms with E-state index in [2.05, 4.69) is 15.0 Å². The molecule has 112 valence electrons. The lowest BCUT2D eigenvalue weighted by Crippen LogP contribution is -2.13. The van der Waals surface area contributed by atoms with Crippen LogP contribution < -0.4 is 5.32 Å². The summed E-state index contributed by atoms with van der Waals surface area (Å²) in [6, 6.07) is 11.4. The minimum absolute atomic E-state index is 0.0307. The number of aromatic nitrogens is 1. The Morgan fingerprint density at radius 2 is 1.86 bits per heavy atom. The third-order valence-electron chi connectivity index (χ3n) is 3.04. The van der Waals surface area contributed by atoms with Crippen molar-refractivity contribution in [1.29, 1.82) is 0 Å². The normalized spacial score (nSPS) is 10.9. The lowest BCUT2D eigenvalue weighted by molar-refractivity contribution is -0.137. The monoisotopic (exact) mass is 296 g/mol. The molecule has 0 unspecified atom stereocenters. The first-order chi connectivity index (χ1) is 10.6. The number of ether oxygens (including phenoxy) is 1. The summed E-state index contributed by atoms with van der Waals surface area (Å²) in [4.78, 5) is 26.9. The molecule has 0 radical (unpaired) electrons. The molecule has 1 heterocycles. The molecule has 0 spiro atoms. The predicted octanol–water partition coefficient (Wildman–Crippen LogP) is 2.81. The standard InChI is InChI=1S/C17H16N2O3/c1-12(20)16(17(21)22-2)11-19-15-5-3-4-14(10-15)13-6-8-18-9-7-13/h3-11,19H,1-2H3/b16-11-. The molecule has 0 saturated heterocycles. The van der Waals surface area contributed by atoms with Crippen LogP contribution >= 0.6 is 0 Å². The number of benzene rings is 1. The highest BCUT2D eigenvalue weighted by molar-refractivity contribution is 6.16. The van der Waals surface area contributed by atoms with Gasteiger partial charge in [-0.1, -0.05) is 12.1 Å². The zero-order valence-corrected chi connectivity index (χ0v) is 12.4. The summed E-state index contributed by atoms with van der Waals surface area (Å²) in [5.41, 5.74) is 2.76. The molecule has 5 nitrogen and oxygen atoms in total. The molecule has 1 aromatic carbocycles. The Labute approximate surface area is 128 Å². The van der Waals surface area contributed by atoms with Gasteiger partial charge in [-0.3, -0.25) is 9.78 Å². The van der Waals surface area contributed by atoms with E-state index in [1.807, 2.05) is 36.4 Å². The number of Topliss-reactive ketones (excluding diaryl/α,β-unsaturated/α-hetero) is 1. The molecule has 1 aromatic heterocycles. The maximum absolute atomic E-state index is 11.5. The highest BCUT2D eigenvalue weighted by atomic mass is 16.5. The predicted molar refractivity (Wildman–Crippen MR) is 84.1 cm³/mol. The summed E-state index contributed by atoms with van der Waals surface area (Å²) >= 11 is 0. The second-order valence-corrected chi connectivity index (χ2v) is 4.57. The fourth-order valence-electron chi connectivity index (χ4n) is 1.90. The number of carbonyl (C=O) groups excluding carboxylic acids is 2. The third kappa shape index (κ3) is 3.79. The Kier molecular flexibility index (Phi) is 5.03. The average Bonchev–Trinajstić information content (AvgIpc) is 2.55. The molecule has 0 aliphatic heterocycles. The molecular formula is C17H16N2O3. The van der Waals surface area contributed by atoms with E-state index in [4.69, 9.17) is 0 Å². The SMILES string of the molecule is COC(=O)/C(=C\Nc1cccc(-c2ccncc2)c1)C(C)=O. The number of hydrogen-bond acceptors (Lipinski definition) is 5. The van der Waals surface area contributed by atoms with E-state index in [0.29, 0.717) is 0 Å². The van der Waals surface area contributed by atoms with Crippen molar-refractivity contribution < 1.29 is 14.3 Å². The second-order valence-electron chi connectivity index (χ2n) is 4.57. The maximum atomic E-state index is 11.5. The number of hydrogen-bond donors (Lipinski definition) is 1. The lowest BCUT2D eigenvalue weighted by Gasteiger charge is -2.07. The highest BCUT2D eigenvalue weighted by Gasteiger charge is 2.14. The van der Waals surface area contributed by atoms with Gasteiger partial charge < -0.3 is 10.1 Å². The van der Waals surface area contributed by atoms with E-state index in [1.165, 1.54) is 20.2 Å². The van der Waals surface area contributed by atoms with E-state index >= 15 is 0 Å². The van der Waals surface area contributed by atoms with Crippen LogP contribution in [0, 0.1) is 0 Å². The first-order valence-corrected chi connectivity index (χ1v) is 6.68. The summed E-state index contributed by atoms with van der Waals surface area (Å²) in [7, 11) is 1.24. The highest BCUT2D eigenvalue weighted by Crippen LogP contribution is 2.22. The number of ketones is 1. The van der Waals surface area contributed by atoms with Gasteiger partial charge in [-0.25, -0.2) is 4.79 Å². The molecule has 1 N–H and O–H groups in total. The molecule has 0 aliphatic rings. The maximum Gasteiger partial charge on any atom is 0.342 e. The van der Waals surface area contributed by atoms with Crippen molar-refractivity contribution in [3.05, 3.63) is 60.6 Å². The molecule has 0 fully saturated rings. The van der Waals surface area contributed by atoms with Crippen molar-refractivity contribution in [2.24, 2.45) is 0 Å². The van der Waals surface area contributed by atoms with E-state index < -0.39 is 5.97 Å². The fraction of sp³-hybridized carbons (Fsp3) is 0.118. The van der Waals surface area contributed by atoms with Gasteiger partial charge in [0.05, 0.1) is 7.11 Å². The van der Waals surface area contributed by atoms with Crippen molar-refractivity contribution in [3.63, 3.8) is 0 Å². The number of methoxy groups -OCH3 is 1. The number of nitrogens with zero attached hydrogens (tertiary/aromatic N) is 1. The number of carbonyl (C=O) groups is 2. The van der Waals surface area contributed by atoms with Crippen molar-refractivity contribution >= 4 is 17.4 Å². The van der Waals surface area contributed by atoms with Crippen molar-refractivity contribution in [1.82, 2.24) is 4.98 Å². The number of rotatable bonds is 5. The summed E-state index contributed by atoms with van der Waals surface area (Å²) in [5.74, 6) is -1.02. The molecule has 0 saturated carbocycles. The van der Waals surface area contributed by atoms with Crippen LogP contribution in [0.15, 0.2) is 60.6 Å². The molecule has 2 aromatic rings.